The van der Waals surface area contributed by atoms with Gasteiger partial charge in [0, 0.05) is 18.0 Å². The largest absolute Gasteiger partial charge is 0.444 e. The third kappa shape index (κ3) is 4.57. The van der Waals surface area contributed by atoms with Crippen LogP contribution in [0.1, 0.15) is 21.0 Å². The molecule has 0 spiro atoms. The van der Waals surface area contributed by atoms with Gasteiger partial charge in [-0.15, -0.1) is 0 Å². The van der Waals surface area contributed by atoms with Crippen molar-refractivity contribution in [2.45, 2.75) is 4.90 Å². The van der Waals surface area contributed by atoms with Gasteiger partial charge in [0.15, 0.2) is 21.2 Å². The van der Waals surface area contributed by atoms with Crippen molar-refractivity contribution < 1.29 is 22.4 Å². The molecule has 0 saturated heterocycles. The Morgan fingerprint density at radius 2 is 1.88 bits per heavy atom. The van der Waals surface area contributed by atoms with Gasteiger partial charge in [-0.05, 0) is 36.4 Å². The van der Waals surface area contributed by atoms with Gasteiger partial charge in [-0.25, -0.2) is 23.1 Å². The Morgan fingerprint density at radius 3 is 2.52 bits per heavy atom. The van der Waals surface area contributed by atoms with E-state index in [0.29, 0.717) is 11.3 Å². The molecule has 2 amide bonds. The van der Waals surface area contributed by atoms with E-state index in [-0.39, 0.29) is 33.7 Å². The molecule has 1 aromatic carbocycles. The zero-order valence-corrected chi connectivity index (χ0v) is 17.9. The third-order valence-electron chi connectivity index (χ3n) is 4.49. The second-order valence-corrected chi connectivity index (χ2v) is 8.94. The van der Waals surface area contributed by atoms with Crippen LogP contribution in [0.15, 0.2) is 64.4 Å². The Hall–Kier alpha value is -4.52. The van der Waals surface area contributed by atoms with E-state index in [9.17, 15) is 18.0 Å². The maximum absolute atomic E-state index is 12.7. The lowest BCUT2D eigenvalue weighted by molar-refractivity contribution is 0.0996. The third-order valence-corrected chi connectivity index (χ3v) is 5.62. The Labute approximate surface area is 187 Å². The van der Waals surface area contributed by atoms with Gasteiger partial charge in [0.05, 0.1) is 22.5 Å². The molecule has 12 nitrogen and oxygen atoms in total. The monoisotopic (exact) mass is 467 g/mol. The highest BCUT2D eigenvalue weighted by Gasteiger charge is 2.20. The molecule has 0 atom stereocenters. The number of amides is 2. The van der Waals surface area contributed by atoms with Gasteiger partial charge < -0.3 is 21.2 Å². The van der Waals surface area contributed by atoms with Crippen molar-refractivity contribution in [2.24, 2.45) is 5.73 Å². The smallest absolute Gasteiger partial charge is 0.277 e. The first-order chi connectivity index (χ1) is 15.6. The Kier molecular flexibility index (Phi) is 5.39. The SMILES string of the molecule is CS(=O)(=O)c1ccc(-n2cc(NC(=O)c3coc(-c4ccnc(N)c4)n3)c(C(N)=O)n2)cc1. The molecule has 0 saturated carbocycles. The molecule has 0 fully saturated rings. The zero-order valence-electron chi connectivity index (χ0n) is 17.1. The number of rotatable bonds is 6. The second kappa shape index (κ2) is 8.20. The normalized spacial score (nSPS) is 11.3. The molecule has 168 valence electrons. The number of carbonyl (C=O) groups excluding carboxylic acids is 2. The summed E-state index contributed by atoms with van der Waals surface area (Å²) in [6, 6.07) is 8.97. The number of primary amides is 1. The maximum atomic E-state index is 12.7. The molecule has 0 unspecified atom stereocenters. The molecular formula is C20H17N7O5S. The van der Waals surface area contributed by atoms with Crippen LogP contribution >= 0.6 is 0 Å². The average molecular weight is 467 g/mol. The minimum absolute atomic E-state index is 0.0393. The molecular weight excluding hydrogens is 450 g/mol. The number of anilines is 2. The molecule has 0 bridgehead atoms. The summed E-state index contributed by atoms with van der Waals surface area (Å²) in [5.41, 5.74) is 11.8. The Morgan fingerprint density at radius 1 is 1.15 bits per heavy atom. The molecule has 4 aromatic rings. The summed E-state index contributed by atoms with van der Waals surface area (Å²) in [5.74, 6) is -1.11. The average Bonchev–Trinajstić information content (AvgIpc) is 3.41. The van der Waals surface area contributed by atoms with E-state index in [4.69, 9.17) is 15.9 Å². The minimum Gasteiger partial charge on any atom is -0.444 e. The van der Waals surface area contributed by atoms with Gasteiger partial charge >= 0.3 is 0 Å². The van der Waals surface area contributed by atoms with Crippen molar-refractivity contribution in [1.29, 1.82) is 0 Å². The van der Waals surface area contributed by atoms with E-state index in [2.05, 4.69) is 20.4 Å². The molecule has 0 aliphatic carbocycles. The number of oxazole rings is 1. The first-order valence-electron chi connectivity index (χ1n) is 9.30. The highest BCUT2D eigenvalue weighted by atomic mass is 32.2. The standard InChI is InChI=1S/C20H17N7O5S/c1-33(30,31)13-4-2-12(3-5-13)27-9-14(17(26-27)18(22)28)24-19(29)15-10-32-20(25-15)11-6-7-23-16(21)8-11/h2-10H,1H3,(H2,21,23)(H2,22,28)(H,24,29). The van der Waals surface area contributed by atoms with E-state index in [1.54, 1.807) is 6.07 Å². The molecule has 3 heterocycles. The summed E-state index contributed by atoms with van der Waals surface area (Å²) in [4.78, 5) is 32.7. The quantitative estimate of drug-likeness (QED) is 0.375. The lowest BCUT2D eigenvalue weighted by atomic mass is 10.2. The molecule has 13 heteroatoms. The number of nitrogens with one attached hydrogen (secondary N) is 1. The van der Waals surface area contributed by atoms with Crippen molar-refractivity contribution in [1.82, 2.24) is 19.7 Å². The predicted octanol–water partition coefficient (Wildman–Crippen LogP) is 1.26. The molecule has 0 aliphatic heterocycles. The van der Waals surface area contributed by atoms with Gasteiger partial charge in [0.2, 0.25) is 5.89 Å². The number of hydrogen-bond donors (Lipinski definition) is 3. The maximum Gasteiger partial charge on any atom is 0.277 e. The van der Waals surface area contributed by atoms with Crippen LogP contribution in [0.25, 0.3) is 17.1 Å². The second-order valence-electron chi connectivity index (χ2n) is 6.93. The summed E-state index contributed by atoms with van der Waals surface area (Å²) in [5, 5.41) is 6.63. The van der Waals surface area contributed by atoms with E-state index < -0.39 is 21.7 Å². The van der Waals surface area contributed by atoms with Crippen LogP contribution in [0.2, 0.25) is 0 Å². The molecule has 4 rings (SSSR count). The predicted molar refractivity (Wildman–Crippen MR) is 117 cm³/mol. The van der Waals surface area contributed by atoms with Crippen LogP contribution in [0.4, 0.5) is 11.5 Å². The number of hydrogen-bond acceptors (Lipinski definition) is 9. The van der Waals surface area contributed by atoms with E-state index in [1.165, 1.54) is 47.4 Å². The van der Waals surface area contributed by atoms with Crippen LogP contribution in [0.3, 0.4) is 0 Å². The summed E-state index contributed by atoms with van der Waals surface area (Å²) in [7, 11) is -3.37. The molecule has 5 N–H and O–H groups in total. The van der Waals surface area contributed by atoms with Gasteiger partial charge in [-0.3, -0.25) is 9.59 Å². The van der Waals surface area contributed by atoms with E-state index >= 15 is 0 Å². The number of nitrogens with two attached hydrogens (primary N) is 2. The van der Waals surface area contributed by atoms with Crippen molar-refractivity contribution in [2.75, 3.05) is 17.3 Å². The number of sulfone groups is 1. The topological polar surface area (TPSA) is 189 Å². The van der Waals surface area contributed by atoms with E-state index in [0.717, 1.165) is 12.5 Å². The van der Waals surface area contributed by atoms with E-state index in [1.807, 2.05) is 0 Å². The van der Waals surface area contributed by atoms with Crippen molar-refractivity contribution in [3.63, 3.8) is 0 Å². The lowest BCUT2D eigenvalue weighted by Gasteiger charge is -2.03. The Bertz CT molecular complexity index is 1470. The fourth-order valence-electron chi connectivity index (χ4n) is 2.90. The summed E-state index contributed by atoms with van der Waals surface area (Å²) in [6.45, 7) is 0. The number of benzene rings is 1. The van der Waals surface area contributed by atoms with Crippen LogP contribution in [0.5, 0.6) is 0 Å². The number of aromatic nitrogens is 4. The summed E-state index contributed by atoms with van der Waals surface area (Å²) < 4.78 is 29.9. The Balaban J connectivity index is 1.60. The number of pyridine rings is 1. The minimum atomic E-state index is -3.37. The van der Waals surface area contributed by atoms with Crippen LogP contribution < -0.4 is 16.8 Å². The first kappa shape index (κ1) is 21.7. The number of nitrogens with zero attached hydrogens (tertiary/aromatic N) is 4. The highest BCUT2D eigenvalue weighted by molar-refractivity contribution is 7.90. The number of carbonyl (C=O) groups is 2. The highest BCUT2D eigenvalue weighted by Crippen LogP contribution is 2.22. The van der Waals surface area contributed by atoms with Gasteiger partial charge in [-0.2, -0.15) is 5.10 Å². The van der Waals surface area contributed by atoms with Crippen LogP contribution in [0, 0.1) is 0 Å². The fourth-order valence-corrected chi connectivity index (χ4v) is 3.53. The molecule has 3 aromatic heterocycles. The first-order valence-corrected chi connectivity index (χ1v) is 11.2. The molecule has 0 radical (unpaired) electrons. The molecule has 33 heavy (non-hydrogen) atoms. The fraction of sp³-hybridized carbons (Fsp3) is 0.0500. The molecule has 0 aliphatic rings. The lowest BCUT2D eigenvalue weighted by Crippen LogP contribution is -2.18. The summed E-state index contributed by atoms with van der Waals surface area (Å²) in [6.07, 6.45) is 5.09. The zero-order chi connectivity index (χ0) is 23.8. The van der Waals surface area contributed by atoms with Crippen molar-refractivity contribution in [3.8, 4) is 17.1 Å². The van der Waals surface area contributed by atoms with Crippen molar-refractivity contribution in [3.05, 3.63) is 66.4 Å². The van der Waals surface area contributed by atoms with Gasteiger partial charge in [0.25, 0.3) is 11.8 Å². The number of nitrogen functional groups attached to an aromatic ring is 1. The van der Waals surface area contributed by atoms with Crippen molar-refractivity contribution >= 4 is 33.2 Å². The summed E-state index contributed by atoms with van der Waals surface area (Å²) >= 11 is 0. The van der Waals surface area contributed by atoms with Gasteiger partial charge in [0.1, 0.15) is 12.1 Å². The van der Waals surface area contributed by atoms with Gasteiger partial charge in [-0.1, -0.05) is 0 Å². The van der Waals surface area contributed by atoms with Crippen LogP contribution in [-0.4, -0.2) is 46.2 Å². The van der Waals surface area contributed by atoms with Crippen LogP contribution in [-0.2, 0) is 9.84 Å².